The summed E-state index contributed by atoms with van der Waals surface area (Å²) < 4.78 is 68.9. The van der Waals surface area contributed by atoms with Crippen molar-refractivity contribution in [2.45, 2.75) is 17.8 Å². The molecule has 0 atom stereocenters. The lowest BCUT2D eigenvalue weighted by atomic mass is 10.2. The molecule has 3 aromatic rings. The largest absolute Gasteiger partial charge is 0.471 e. The number of benzene rings is 1. The van der Waals surface area contributed by atoms with Gasteiger partial charge < -0.3 is 9.26 Å². The summed E-state index contributed by atoms with van der Waals surface area (Å²) in [5.41, 5.74) is 0.964. The van der Waals surface area contributed by atoms with Crippen LogP contribution in [0.2, 0.25) is 0 Å². The highest BCUT2D eigenvalue weighted by molar-refractivity contribution is 7.89. The van der Waals surface area contributed by atoms with Gasteiger partial charge in [-0.1, -0.05) is 11.2 Å². The Bertz CT molecular complexity index is 1150. The number of pyridine rings is 1. The molecule has 1 aromatic carbocycles. The summed E-state index contributed by atoms with van der Waals surface area (Å²) in [7, 11) is -3.92. The molecule has 0 aliphatic carbocycles. The van der Waals surface area contributed by atoms with Gasteiger partial charge in [-0.25, -0.2) is 23.3 Å². The zero-order valence-corrected chi connectivity index (χ0v) is 15.6. The molecule has 14 heteroatoms. The van der Waals surface area contributed by atoms with Gasteiger partial charge in [-0.3, -0.25) is 5.32 Å². The summed E-state index contributed by atoms with van der Waals surface area (Å²) in [4.78, 5) is 18.8. The Morgan fingerprint density at radius 2 is 1.87 bits per heavy atom. The Hall–Kier alpha value is -3.52. The summed E-state index contributed by atoms with van der Waals surface area (Å²) in [6.07, 6.45) is -4.37. The van der Waals surface area contributed by atoms with Gasteiger partial charge in [0.1, 0.15) is 6.61 Å². The molecule has 0 saturated heterocycles. The number of primary sulfonamides is 1. The fraction of sp³-hybridized carbons (Fsp3) is 0.125. The number of sulfonamides is 1. The molecule has 0 bridgehead atoms. The van der Waals surface area contributed by atoms with Gasteiger partial charge in [0.25, 0.3) is 10.0 Å². The van der Waals surface area contributed by atoms with Gasteiger partial charge in [0, 0.05) is 23.0 Å². The lowest BCUT2D eigenvalue weighted by Crippen LogP contribution is -2.15. The van der Waals surface area contributed by atoms with E-state index in [0.29, 0.717) is 11.3 Å². The summed E-state index contributed by atoms with van der Waals surface area (Å²) in [6, 6.07) is 8.14. The summed E-state index contributed by atoms with van der Waals surface area (Å²) >= 11 is 0. The van der Waals surface area contributed by atoms with Crippen LogP contribution in [0.15, 0.2) is 52.1 Å². The van der Waals surface area contributed by atoms with Crippen LogP contribution in [0.3, 0.4) is 0 Å². The quantitative estimate of drug-likeness (QED) is 0.611. The van der Waals surface area contributed by atoms with Crippen molar-refractivity contribution in [2.75, 3.05) is 5.32 Å². The molecule has 3 rings (SSSR count). The molecule has 0 radical (unpaired) electrons. The average molecular weight is 443 g/mol. The Morgan fingerprint density at radius 3 is 2.40 bits per heavy atom. The summed E-state index contributed by atoms with van der Waals surface area (Å²) in [5.74, 6) is -1.72. The standard InChI is InChI=1S/C16H12F3N5O5S/c17-16(18,19)14-23-13(24-29-14)10-2-4-11(5-3-10)22-15(25)28-8-9-1-6-12(21-7-9)30(20,26)27/h1-7H,8H2,(H,22,25)(H2,20,26,27). The minimum Gasteiger partial charge on any atom is -0.444 e. The highest BCUT2D eigenvalue weighted by Gasteiger charge is 2.38. The van der Waals surface area contributed by atoms with E-state index in [4.69, 9.17) is 9.88 Å². The van der Waals surface area contributed by atoms with Gasteiger partial charge in [-0.2, -0.15) is 18.2 Å². The van der Waals surface area contributed by atoms with E-state index < -0.39 is 28.2 Å². The molecule has 0 aliphatic rings. The van der Waals surface area contributed by atoms with E-state index in [0.717, 1.165) is 0 Å². The summed E-state index contributed by atoms with van der Waals surface area (Å²) in [6.45, 7) is -0.190. The van der Waals surface area contributed by atoms with Gasteiger partial charge in [0.2, 0.25) is 5.82 Å². The maximum absolute atomic E-state index is 12.5. The first-order valence-electron chi connectivity index (χ1n) is 7.95. The number of nitrogens with one attached hydrogen (secondary N) is 1. The predicted octanol–water partition coefficient (Wildman–Crippen LogP) is 2.55. The van der Waals surface area contributed by atoms with E-state index in [1.54, 1.807) is 0 Å². The SMILES string of the molecule is NS(=O)(=O)c1ccc(COC(=O)Nc2ccc(-c3noc(C(F)(F)F)n3)cc2)cn1. The number of rotatable bonds is 5. The highest BCUT2D eigenvalue weighted by Crippen LogP contribution is 2.29. The van der Waals surface area contributed by atoms with Crippen molar-refractivity contribution in [3.8, 4) is 11.4 Å². The molecule has 0 fully saturated rings. The minimum atomic E-state index is -4.75. The van der Waals surface area contributed by atoms with Crippen molar-refractivity contribution in [2.24, 2.45) is 5.14 Å². The number of anilines is 1. The molecule has 10 nitrogen and oxygen atoms in total. The maximum atomic E-state index is 12.5. The normalized spacial score (nSPS) is 11.9. The zero-order valence-electron chi connectivity index (χ0n) is 14.8. The van der Waals surface area contributed by atoms with E-state index in [1.807, 2.05) is 0 Å². The first-order chi connectivity index (χ1) is 14.0. The fourth-order valence-corrected chi connectivity index (χ4v) is 2.58. The van der Waals surface area contributed by atoms with Crippen LogP contribution in [-0.2, 0) is 27.5 Å². The molecule has 158 valence electrons. The third-order valence-corrected chi connectivity index (χ3v) is 4.34. The molecular formula is C16H12F3N5O5S. The number of nitrogens with two attached hydrogens (primary N) is 1. The first-order valence-corrected chi connectivity index (χ1v) is 9.50. The third-order valence-electron chi connectivity index (χ3n) is 3.52. The van der Waals surface area contributed by atoms with Crippen LogP contribution in [0.5, 0.6) is 0 Å². The van der Waals surface area contributed by atoms with Gasteiger partial charge in [-0.05, 0) is 30.3 Å². The monoisotopic (exact) mass is 443 g/mol. The third kappa shape index (κ3) is 5.30. The Morgan fingerprint density at radius 1 is 1.17 bits per heavy atom. The molecule has 3 N–H and O–H groups in total. The molecule has 0 aliphatic heterocycles. The minimum absolute atomic E-state index is 0.190. The number of halogens is 3. The second kappa shape index (κ2) is 8.08. The average Bonchev–Trinajstić information content (AvgIpc) is 3.17. The number of hydrogen-bond donors (Lipinski definition) is 2. The summed E-state index contributed by atoms with van der Waals surface area (Å²) in [5, 5.41) is 10.3. The molecule has 2 aromatic heterocycles. The number of hydrogen-bond acceptors (Lipinski definition) is 8. The number of aromatic nitrogens is 3. The molecule has 0 spiro atoms. The van der Waals surface area contributed by atoms with Gasteiger partial charge in [0.15, 0.2) is 5.03 Å². The highest BCUT2D eigenvalue weighted by atomic mass is 32.2. The number of nitrogens with zero attached hydrogens (tertiary/aromatic N) is 3. The number of alkyl halides is 3. The topological polar surface area (TPSA) is 150 Å². The van der Waals surface area contributed by atoms with Crippen LogP contribution >= 0.6 is 0 Å². The number of amides is 1. The first kappa shape index (κ1) is 21.2. The molecule has 30 heavy (non-hydrogen) atoms. The fourth-order valence-electron chi connectivity index (χ4n) is 2.13. The number of carbonyl (C=O) groups excluding carboxylic acids is 1. The zero-order chi connectivity index (χ0) is 21.9. The Kier molecular flexibility index (Phi) is 5.71. The van der Waals surface area contributed by atoms with Crippen molar-refractivity contribution in [1.29, 1.82) is 0 Å². The smallest absolute Gasteiger partial charge is 0.444 e. The second-order valence-corrected chi connectivity index (χ2v) is 7.26. The van der Waals surface area contributed by atoms with Crippen molar-refractivity contribution in [1.82, 2.24) is 15.1 Å². The predicted molar refractivity (Wildman–Crippen MR) is 94.2 cm³/mol. The molecule has 1 amide bonds. The van der Waals surface area contributed by atoms with Crippen LogP contribution in [0, 0.1) is 0 Å². The Balaban J connectivity index is 1.56. The van der Waals surface area contributed by atoms with Crippen LogP contribution in [0.4, 0.5) is 23.7 Å². The molecular weight excluding hydrogens is 431 g/mol. The van der Waals surface area contributed by atoms with Crippen molar-refractivity contribution >= 4 is 21.8 Å². The lowest BCUT2D eigenvalue weighted by molar-refractivity contribution is -0.159. The van der Waals surface area contributed by atoms with E-state index in [1.165, 1.54) is 42.6 Å². The van der Waals surface area contributed by atoms with Gasteiger partial charge in [0.05, 0.1) is 0 Å². The van der Waals surface area contributed by atoms with E-state index in [2.05, 4.69) is 25.0 Å². The van der Waals surface area contributed by atoms with Crippen LogP contribution in [0.25, 0.3) is 11.4 Å². The lowest BCUT2D eigenvalue weighted by Gasteiger charge is -2.07. The van der Waals surface area contributed by atoms with E-state index in [9.17, 15) is 26.4 Å². The van der Waals surface area contributed by atoms with E-state index >= 15 is 0 Å². The van der Waals surface area contributed by atoms with Crippen molar-refractivity contribution < 1.29 is 35.6 Å². The number of ether oxygens (including phenoxy) is 1. The van der Waals surface area contributed by atoms with Crippen molar-refractivity contribution in [3.05, 3.63) is 54.0 Å². The van der Waals surface area contributed by atoms with Crippen LogP contribution in [0.1, 0.15) is 11.5 Å². The van der Waals surface area contributed by atoms with Gasteiger partial charge >= 0.3 is 18.2 Å². The van der Waals surface area contributed by atoms with E-state index in [-0.39, 0.29) is 23.0 Å². The molecule has 2 heterocycles. The molecule has 0 unspecified atom stereocenters. The van der Waals surface area contributed by atoms with Gasteiger partial charge in [-0.15, -0.1) is 0 Å². The molecule has 0 saturated carbocycles. The Labute approximate surface area is 166 Å². The second-order valence-electron chi connectivity index (χ2n) is 5.75. The van der Waals surface area contributed by atoms with Crippen LogP contribution < -0.4 is 10.5 Å². The number of carbonyl (C=O) groups is 1. The van der Waals surface area contributed by atoms with Crippen LogP contribution in [-0.4, -0.2) is 29.6 Å². The maximum Gasteiger partial charge on any atom is 0.471 e. The van der Waals surface area contributed by atoms with Crippen molar-refractivity contribution in [3.63, 3.8) is 0 Å².